The lowest BCUT2D eigenvalue weighted by Gasteiger charge is -2.29. The van der Waals surface area contributed by atoms with Crippen molar-refractivity contribution < 1.29 is 19.0 Å². The van der Waals surface area contributed by atoms with E-state index in [1.54, 1.807) is 24.8 Å². The fraction of sp³-hybridized carbons (Fsp3) is 0.280. The molecule has 1 aliphatic rings. The summed E-state index contributed by atoms with van der Waals surface area (Å²) in [5, 5.41) is 24.9. The summed E-state index contributed by atoms with van der Waals surface area (Å²) in [5.74, 6) is 1.35. The van der Waals surface area contributed by atoms with Crippen molar-refractivity contribution in [2.75, 3.05) is 31.4 Å². The van der Waals surface area contributed by atoms with Gasteiger partial charge in [0.05, 0.1) is 25.9 Å². The van der Waals surface area contributed by atoms with Crippen molar-refractivity contribution in [3.05, 3.63) is 65.4 Å². The second-order valence-electron chi connectivity index (χ2n) is 7.93. The molecule has 0 radical (unpaired) electrons. The fourth-order valence-electron chi connectivity index (χ4n) is 4.09. The Bertz CT molecular complexity index is 1450. The molecule has 0 saturated carbocycles. The van der Waals surface area contributed by atoms with Crippen molar-refractivity contribution in [3.63, 3.8) is 0 Å². The van der Waals surface area contributed by atoms with Crippen LogP contribution in [0.15, 0.2) is 64.1 Å². The zero-order valence-electron chi connectivity index (χ0n) is 21.0. The van der Waals surface area contributed by atoms with Crippen molar-refractivity contribution in [3.8, 4) is 22.1 Å². The number of hydrogen-bond donors (Lipinski definition) is 1. The highest BCUT2D eigenvalue weighted by atomic mass is 32.2. The van der Waals surface area contributed by atoms with Crippen LogP contribution >= 0.6 is 23.1 Å². The lowest BCUT2D eigenvalue weighted by molar-refractivity contribution is -0.139. The van der Waals surface area contributed by atoms with Crippen molar-refractivity contribution in [2.24, 2.45) is 0 Å². The number of para-hydroxylation sites is 1. The Morgan fingerprint density at radius 3 is 2.68 bits per heavy atom. The first-order valence-corrected chi connectivity index (χ1v) is 13.7. The summed E-state index contributed by atoms with van der Waals surface area (Å²) < 4.78 is 19.4. The fourth-order valence-corrected chi connectivity index (χ4v) is 5.92. The predicted molar refractivity (Wildman–Crippen MR) is 143 cm³/mol. The summed E-state index contributed by atoms with van der Waals surface area (Å²) in [7, 11) is 1.57. The van der Waals surface area contributed by atoms with E-state index >= 15 is 0 Å². The standard InChI is InChI=1S/C25H25N7O4S2/c1-4-35-21-16(12-9-13-18(21)34-3)20-19(23(33)36-5-2)17(26-24-28-30-31-32(20)24)14-37-25-29-27-22(38-25)15-10-7-6-8-11-15/h6-13,20H,4-5,14H2,1-3H3,(H,26,28,31). The molecule has 0 spiro atoms. The minimum atomic E-state index is -0.707. The lowest BCUT2D eigenvalue weighted by atomic mass is 9.94. The van der Waals surface area contributed by atoms with Crippen molar-refractivity contribution in [1.29, 1.82) is 0 Å². The maximum Gasteiger partial charge on any atom is 0.338 e. The highest BCUT2D eigenvalue weighted by molar-refractivity contribution is 8.01. The van der Waals surface area contributed by atoms with Crippen LogP contribution in [-0.4, -0.2) is 62.5 Å². The van der Waals surface area contributed by atoms with Crippen LogP contribution in [0.5, 0.6) is 11.5 Å². The van der Waals surface area contributed by atoms with Gasteiger partial charge in [0, 0.05) is 22.6 Å². The highest BCUT2D eigenvalue weighted by Crippen LogP contribution is 2.43. The molecule has 0 fully saturated rings. The van der Waals surface area contributed by atoms with Crippen LogP contribution in [0, 0.1) is 0 Å². The van der Waals surface area contributed by atoms with Crippen LogP contribution in [-0.2, 0) is 9.53 Å². The van der Waals surface area contributed by atoms with Gasteiger partial charge in [0.25, 0.3) is 0 Å². The topological polar surface area (TPSA) is 126 Å². The van der Waals surface area contributed by atoms with Crippen LogP contribution in [0.1, 0.15) is 25.5 Å². The summed E-state index contributed by atoms with van der Waals surface area (Å²) in [4.78, 5) is 13.4. The molecule has 4 aromatic rings. The number of anilines is 1. The molecule has 0 bridgehead atoms. The predicted octanol–water partition coefficient (Wildman–Crippen LogP) is 4.22. The summed E-state index contributed by atoms with van der Waals surface area (Å²) in [6.07, 6.45) is 0. The Hall–Kier alpha value is -3.97. The van der Waals surface area contributed by atoms with Crippen molar-refractivity contribution >= 4 is 35.0 Å². The number of ether oxygens (including phenoxy) is 3. The average Bonchev–Trinajstić information content (AvgIpc) is 3.62. The number of carbonyl (C=O) groups excluding carboxylic acids is 1. The molecule has 3 heterocycles. The van der Waals surface area contributed by atoms with E-state index in [0.717, 1.165) is 14.9 Å². The lowest BCUT2D eigenvalue weighted by Crippen LogP contribution is -2.31. The van der Waals surface area contributed by atoms with E-state index < -0.39 is 12.0 Å². The molecule has 196 valence electrons. The number of methoxy groups -OCH3 is 1. The number of fused-ring (bicyclic) bond motifs is 1. The van der Waals surface area contributed by atoms with Crippen molar-refractivity contribution in [2.45, 2.75) is 24.2 Å². The van der Waals surface area contributed by atoms with E-state index in [4.69, 9.17) is 14.2 Å². The van der Waals surface area contributed by atoms with E-state index in [0.29, 0.717) is 46.6 Å². The number of esters is 1. The van der Waals surface area contributed by atoms with Crippen LogP contribution in [0.2, 0.25) is 0 Å². The summed E-state index contributed by atoms with van der Waals surface area (Å²) in [6.45, 7) is 4.27. The molecule has 2 aromatic heterocycles. The molecule has 1 aliphatic heterocycles. The second kappa shape index (κ2) is 11.6. The van der Waals surface area contributed by atoms with Crippen molar-refractivity contribution in [1.82, 2.24) is 30.4 Å². The zero-order valence-corrected chi connectivity index (χ0v) is 22.6. The molecule has 1 N–H and O–H groups in total. The number of nitrogens with zero attached hydrogens (tertiary/aromatic N) is 6. The quantitative estimate of drug-likeness (QED) is 0.225. The Morgan fingerprint density at radius 1 is 1.08 bits per heavy atom. The Labute approximate surface area is 227 Å². The molecule has 1 atom stereocenters. The molecule has 2 aromatic carbocycles. The molecule has 38 heavy (non-hydrogen) atoms. The number of benzene rings is 2. The van der Waals surface area contributed by atoms with Gasteiger partial charge in [-0.25, -0.2) is 4.79 Å². The Morgan fingerprint density at radius 2 is 1.92 bits per heavy atom. The van der Waals surface area contributed by atoms with Gasteiger partial charge >= 0.3 is 5.97 Å². The van der Waals surface area contributed by atoms with E-state index in [1.807, 2.05) is 49.4 Å². The summed E-state index contributed by atoms with van der Waals surface area (Å²) >= 11 is 2.95. The minimum Gasteiger partial charge on any atom is -0.493 e. The second-order valence-corrected chi connectivity index (χ2v) is 10.1. The van der Waals surface area contributed by atoms with E-state index in [-0.39, 0.29) is 6.61 Å². The Balaban J connectivity index is 1.55. The summed E-state index contributed by atoms with van der Waals surface area (Å²) in [6, 6.07) is 14.7. The zero-order chi connectivity index (χ0) is 26.5. The van der Waals surface area contributed by atoms with E-state index in [2.05, 4.69) is 31.0 Å². The third kappa shape index (κ3) is 5.07. The minimum absolute atomic E-state index is 0.213. The molecule has 0 amide bonds. The van der Waals surface area contributed by atoms with Gasteiger partial charge in [-0.05, 0) is 30.3 Å². The van der Waals surface area contributed by atoms with E-state index in [1.165, 1.54) is 23.1 Å². The van der Waals surface area contributed by atoms with Gasteiger partial charge in [0.2, 0.25) is 5.95 Å². The molecule has 13 heteroatoms. The number of rotatable bonds is 10. The van der Waals surface area contributed by atoms with Gasteiger partial charge in [-0.3, -0.25) is 0 Å². The van der Waals surface area contributed by atoms with Gasteiger partial charge in [0.15, 0.2) is 15.8 Å². The number of tetrazole rings is 1. The first kappa shape index (κ1) is 25.7. The van der Waals surface area contributed by atoms with Gasteiger partial charge in [-0.1, -0.05) is 70.7 Å². The first-order chi connectivity index (χ1) is 18.6. The van der Waals surface area contributed by atoms with Crippen LogP contribution in [0.4, 0.5) is 5.95 Å². The SMILES string of the molecule is CCOC(=O)C1=C(CSc2nnc(-c3ccccc3)s2)Nc2nnnn2C1c1cccc(OC)c1OCC. The molecule has 1 unspecified atom stereocenters. The summed E-state index contributed by atoms with van der Waals surface area (Å²) in [5.41, 5.74) is 2.66. The molecular weight excluding hydrogens is 526 g/mol. The van der Waals surface area contributed by atoms with Crippen LogP contribution < -0.4 is 14.8 Å². The highest BCUT2D eigenvalue weighted by Gasteiger charge is 2.38. The van der Waals surface area contributed by atoms with E-state index in [9.17, 15) is 4.79 Å². The maximum absolute atomic E-state index is 13.4. The number of carbonyl (C=O) groups is 1. The van der Waals surface area contributed by atoms with Crippen LogP contribution in [0.25, 0.3) is 10.6 Å². The Kier molecular flexibility index (Phi) is 7.84. The molecule has 5 rings (SSSR count). The normalized spacial score (nSPS) is 14.6. The number of nitrogens with one attached hydrogen (secondary N) is 1. The molecular formula is C25H25N7O4S2. The third-order valence-electron chi connectivity index (χ3n) is 5.67. The first-order valence-electron chi connectivity index (χ1n) is 11.9. The van der Waals surface area contributed by atoms with Gasteiger partial charge in [0.1, 0.15) is 11.0 Å². The third-order valence-corrected chi connectivity index (χ3v) is 7.81. The number of thioether (sulfide) groups is 1. The number of hydrogen-bond acceptors (Lipinski definition) is 12. The maximum atomic E-state index is 13.4. The average molecular weight is 552 g/mol. The smallest absolute Gasteiger partial charge is 0.338 e. The monoisotopic (exact) mass is 551 g/mol. The molecule has 11 nitrogen and oxygen atoms in total. The molecule has 0 saturated heterocycles. The van der Waals surface area contributed by atoms with Gasteiger partial charge < -0.3 is 19.5 Å². The van der Waals surface area contributed by atoms with Gasteiger partial charge in [-0.2, -0.15) is 4.68 Å². The van der Waals surface area contributed by atoms with Crippen LogP contribution in [0.3, 0.4) is 0 Å². The van der Waals surface area contributed by atoms with Gasteiger partial charge in [-0.15, -0.1) is 10.2 Å². The molecule has 0 aliphatic carbocycles. The largest absolute Gasteiger partial charge is 0.493 e. The number of aromatic nitrogens is 6.